The summed E-state index contributed by atoms with van der Waals surface area (Å²) in [6.07, 6.45) is 3.45. The van der Waals surface area contributed by atoms with E-state index in [9.17, 15) is 0 Å². The summed E-state index contributed by atoms with van der Waals surface area (Å²) in [5.41, 5.74) is 7.36. The summed E-state index contributed by atoms with van der Waals surface area (Å²) in [5, 5.41) is 0.892. The molecular formula is C11H8N4S. The molecule has 16 heavy (non-hydrogen) atoms. The summed E-state index contributed by atoms with van der Waals surface area (Å²) >= 11 is 1.57. The van der Waals surface area contributed by atoms with Gasteiger partial charge in [0, 0.05) is 6.20 Å². The summed E-state index contributed by atoms with van der Waals surface area (Å²) in [6, 6.07) is 7.60. The molecule has 0 bridgehead atoms. The third-order valence-electron chi connectivity index (χ3n) is 2.18. The predicted octanol–water partition coefficient (Wildman–Crippen LogP) is 2.34. The zero-order valence-electron chi connectivity index (χ0n) is 8.29. The van der Waals surface area contributed by atoms with Crippen LogP contribution in [0.15, 0.2) is 36.7 Å². The number of nitrogens with zero attached hydrogens (tertiary/aromatic N) is 3. The highest BCUT2D eigenvalue weighted by atomic mass is 32.1. The van der Waals surface area contributed by atoms with Gasteiger partial charge in [-0.3, -0.25) is 4.98 Å². The highest BCUT2D eigenvalue weighted by molar-refractivity contribution is 7.21. The van der Waals surface area contributed by atoms with Crippen LogP contribution >= 0.6 is 11.3 Å². The third-order valence-corrected chi connectivity index (χ3v) is 3.22. The first-order valence-electron chi connectivity index (χ1n) is 4.76. The van der Waals surface area contributed by atoms with E-state index in [1.165, 1.54) is 0 Å². The fourth-order valence-electron chi connectivity index (χ4n) is 1.45. The zero-order chi connectivity index (χ0) is 11.0. The average Bonchev–Trinajstić information content (AvgIpc) is 2.73. The van der Waals surface area contributed by atoms with Crippen LogP contribution < -0.4 is 5.73 Å². The first-order valence-corrected chi connectivity index (χ1v) is 5.58. The molecule has 0 fully saturated rings. The van der Waals surface area contributed by atoms with Crippen LogP contribution in [0.2, 0.25) is 0 Å². The lowest BCUT2D eigenvalue weighted by molar-refractivity contribution is 1.30. The molecule has 0 amide bonds. The van der Waals surface area contributed by atoms with E-state index >= 15 is 0 Å². The summed E-state index contributed by atoms with van der Waals surface area (Å²) < 4.78 is 1.04. The van der Waals surface area contributed by atoms with E-state index in [1.54, 1.807) is 23.7 Å². The molecule has 0 aliphatic rings. The number of nitrogens with two attached hydrogens (primary N) is 1. The normalized spacial score (nSPS) is 10.8. The second kappa shape index (κ2) is 3.53. The minimum absolute atomic E-state index is 0.517. The zero-order valence-corrected chi connectivity index (χ0v) is 9.11. The highest BCUT2D eigenvalue weighted by Crippen LogP contribution is 2.28. The Kier molecular flexibility index (Phi) is 2.04. The van der Waals surface area contributed by atoms with Crippen LogP contribution in [-0.2, 0) is 0 Å². The number of rotatable bonds is 1. The Labute approximate surface area is 95.8 Å². The van der Waals surface area contributed by atoms with E-state index in [2.05, 4.69) is 15.0 Å². The van der Waals surface area contributed by atoms with Crippen LogP contribution in [0.5, 0.6) is 0 Å². The van der Waals surface area contributed by atoms with Crippen molar-refractivity contribution in [1.82, 2.24) is 15.0 Å². The van der Waals surface area contributed by atoms with Gasteiger partial charge >= 0.3 is 0 Å². The van der Waals surface area contributed by atoms with Crippen molar-refractivity contribution in [3.8, 4) is 10.7 Å². The Bertz CT molecular complexity index is 633. The molecule has 0 aliphatic carbocycles. The summed E-state index contributed by atoms with van der Waals surface area (Å²) in [5.74, 6) is 0.517. The van der Waals surface area contributed by atoms with E-state index in [1.807, 2.05) is 24.3 Å². The molecule has 4 nitrogen and oxygen atoms in total. The van der Waals surface area contributed by atoms with E-state index in [4.69, 9.17) is 5.73 Å². The molecule has 78 valence electrons. The maximum atomic E-state index is 5.62. The van der Waals surface area contributed by atoms with E-state index in [0.29, 0.717) is 5.82 Å². The molecule has 3 aromatic heterocycles. The lowest BCUT2D eigenvalue weighted by Gasteiger charge is -1.91. The second-order valence-corrected chi connectivity index (χ2v) is 4.34. The number of nitrogen functional groups attached to an aromatic ring is 1. The third kappa shape index (κ3) is 1.51. The molecule has 0 saturated heterocycles. The number of fused-ring (bicyclic) bond motifs is 1. The minimum atomic E-state index is 0.517. The van der Waals surface area contributed by atoms with Gasteiger partial charge in [0.2, 0.25) is 0 Å². The molecule has 0 aromatic carbocycles. The SMILES string of the molecule is Nc1cc2sc(-c3ccccn3)nc2cn1. The van der Waals surface area contributed by atoms with Crippen molar-refractivity contribution >= 4 is 27.4 Å². The van der Waals surface area contributed by atoms with Gasteiger partial charge in [0.1, 0.15) is 16.3 Å². The molecular weight excluding hydrogens is 220 g/mol. The standard InChI is InChI=1S/C11H8N4S/c12-10-5-9-8(6-14-10)15-11(16-9)7-3-1-2-4-13-7/h1-6H,(H2,12,14). The maximum absolute atomic E-state index is 5.62. The van der Waals surface area contributed by atoms with Gasteiger partial charge < -0.3 is 5.73 Å². The smallest absolute Gasteiger partial charge is 0.143 e. The van der Waals surface area contributed by atoms with Crippen LogP contribution in [0.4, 0.5) is 5.82 Å². The Hall–Kier alpha value is -2.01. The lowest BCUT2D eigenvalue weighted by atomic mass is 10.4. The van der Waals surface area contributed by atoms with Crippen molar-refractivity contribution in [3.63, 3.8) is 0 Å². The summed E-state index contributed by atoms with van der Waals surface area (Å²) in [6.45, 7) is 0. The van der Waals surface area contributed by atoms with Crippen molar-refractivity contribution in [2.24, 2.45) is 0 Å². The van der Waals surface area contributed by atoms with Crippen LogP contribution in [0.3, 0.4) is 0 Å². The van der Waals surface area contributed by atoms with Gasteiger partial charge in [0.25, 0.3) is 0 Å². The number of anilines is 1. The van der Waals surface area contributed by atoms with Crippen molar-refractivity contribution in [1.29, 1.82) is 0 Å². The van der Waals surface area contributed by atoms with Crippen LogP contribution in [0.25, 0.3) is 20.9 Å². The molecule has 3 heterocycles. The van der Waals surface area contributed by atoms with Crippen molar-refractivity contribution in [2.45, 2.75) is 0 Å². The van der Waals surface area contributed by atoms with E-state index in [-0.39, 0.29) is 0 Å². The van der Waals surface area contributed by atoms with Gasteiger partial charge in [-0.05, 0) is 18.2 Å². The number of aromatic nitrogens is 3. The fourth-order valence-corrected chi connectivity index (χ4v) is 2.41. The largest absolute Gasteiger partial charge is 0.384 e. The van der Waals surface area contributed by atoms with Gasteiger partial charge in [-0.25, -0.2) is 9.97 Å². The van der Waals surface area contributed by atoms with Crippen molar-refractivity contribution in [2.75, 3.05) is 5.73 Å². The van der Waals surface area contributed by atoms with E-state index < -0.39 is 0 Å². The fraction of sp³-hybridized carbons (Fsp3) is 0. The predicted molar refractivity (Wildman–Crippen MR) is 65.1 cm³/mol. The Morgan fingerprint density at radius 2 is 2.12 bits per heavy atom. The molecule has 0 unspecified atom stereocenters. The minimum Gasteiger partial charge on any atom is -0.384 e. The Balaban J connectivity index is 2.19. The topological polar surface area (TPSA) is 64.7 Å². The van der Waals surface area contributed by atoms with Crippen molar-refractivity contribution < 1.29 is 0 Å². The van der Waals surface area contributed by atoms with Crippen molar-refractivity contribution in [3.05, 3.63) is 36.7 Å². The lowest BCUT2D eigenvalue weighted by Crippen LogP contribution is -1.87. The molecule has 3 aromatic rings. The van der Waals surface area contributed by atoms with Gasteiger partial charge in [0.05, 0.1) is 16.6 Å². The first-order chi connectivity index (χ1) is 7.83. The summed E-state index contributed by atoms with van der Waals surface area (Å²) in [4.78, 5) is 12.7. The molecule has 5 heteroatoms. The molecule has 3 rings (SSSR count). The van der Waals surface area contributed by atoms with Crippen LogP contribution in [0.1, 0.15) is 0 Å². The number of thiazole rings is 1. The van der Waals surface area contributed by atoms with E-state index in [0.717, 1.165) is 20.9 Å². The second-order valence-electron chi connectivity index (χ2n) is 3.31. The number of hydrogen-bond donors (Lipinski definition) is 1. The number of pyridine rings is 2. The Morgan fingerprint density at radius 3 is 2.94 bits per heavy atom. The summed E-state index contributed by atoms with van der Waals surface area (Å²) in [7, 11) is 0. The van der Waals surface area contributed by atoms with Crippen LogP contribution in [-0.4, -0.2) is 15.0 Å². The molecule has 0 radical (unpaired) electrons. The van der Waals surface area contributed by atoms with Gasteiger partial charge in [-0.1, -0.05) is 6.07 Å². The van der Waals surface area contributed by atoms with Gasteiger partial charge in [-0.15, -0.1) is 11.3 Å². The average molecular weight is 228 g/mol. The molecule has 0 saturated carbocycles. The molecule has 2 N–H and O–H groups in total. The molecule has 0 spiro atoms. The highest BCUT2D eigenvalue weighted by Gasteiger charge is 2.07. The monoisotopic (exact) mass is 228 g/mol. The first kappa shape index (κ1) is 9.23. The Morgan fingerprint density at radius 1 is 1.19 bits per heavy atom. The van der Waals surface area contributed by atoms with Crippen LogP contribution in [0, 0.1) is 0 Å². The number of hydrogen-bond acceptors (Lipinski definition) is 5. The molecule has 0 aliphatic heterocycles. The molecule has 0 atom stereocenters. The maximum Gasteiger partial charge on any atom is 0.143 e. The van der Waals surface area contributed by atoms with Gasteiger partial charge in [-0.2, -0.15) is 0 Å². The van der Waals surface area contributed by atoms with Gasteiger partial charge in [0.15, 0.2) is 0 Å². The quantitative estimate of drug-likeness (QED) is 0.694.